The molecule has 0 aromatic heterocycles. The van der Waals surface area contributed by atoms with Crippen molar-refractivity contribution in [2.75, 3.05) is 11.5 Å². The fraction of sp³-hybridized carbons (Fsp3) is 0.429. The van der Waals surface area contributed by atoms with Gasteiger partial charge in [0.2, 0.25) is 5.91 Å². The first-order valence-corrected chi connectivity index (χ1v) is 8.04. The van der Waals surface area contributed by atoms with Crippen molar-refractivity contribution < 1.29 is 4.79 Å². The van der Waals surface area contributed by atoms with E-state index in [0.717, 1.165) is 27.8 Å². The number of rotatable bonds is 3. The van der Waals surface area contributed by atoms with Crippen LogP contribution in [0.5, 0.6) is 0 Å². The summed E-state index contributed by atoms with van der Waals surface area (Å²) in [5, 5.41) is 12.1. The molecule has 5 heteroatoms. The lowest BCUT2D eigenvalue weighted by molar-refractivity contribution is -0.121. The number of nitrogens with zero attached hydrogens (tertiary/aromatic N) is 1. The number of halogens is 1. The number of carbonyl (C=O) groups is 1. The van der Waals surface area contributed by atoms with Gasteiger partial charge in [0.1, 0.15) is 5.54 Å². The van der Waals surface area contributed by atoms with Crippen LogP contribution in [0, 0.1) is 18.3 Å². The zero-order chi connectivity index (χ0) is 13.9. The van der Waals surface area contributed by atoms with Gasteiger partial charge in [-0.25, -0.2) is 0 Å². The van der Waals surface area contributed by atoms with Gasteiger partial charge in [-0.3, -0.25) is 4.79 Å². The van der Waals surface area contributed by atoms with Gasteiger partial charge in [0.05, 0.1) is 12.5 Å². The van der Waals surface area contributed by atoms with E-state index in [9.17, 15) is 10.1 Å². The smallest absolute Gasteiger partial charge is 0.225 e. The Labute approximate surface area is 125 Å². The summed E-state index contributed by atoms with van der Waals surface area (Å²) in [4.78, 5) is 12.1. The lowest BCUT2D eigenvalue weighted by atomic mass is 9.99. The predicted octanol–water partition coefficient (Wildman–Crippen LogP) is 2.82. The first kappa shape index (κ1) is 14.4. The largest absolute Gasteiger partial charge is 0.337 e. The minimum Gasteiger partial charge on any atom is -0.337 e. The molecule has 0 aliphatic carbocycles. The number of nitrogens with one attached hydrogen (secondary N) is 1. The van der Waals surface area contributed by atoms with Crippen molar-refractivity contribution in [2.24, 2.45) is 0 Å². The Kier molecular flexibility index (Phi) is 4.54. The highest BCUT2D eigenvalue weighted by molar-refractivity contribution is 9.10. The Bertz CT molecular complexity index is 533. The predicted molar refractivity (Wildman–Crippen MR) is 81.0 cm³/mol. The molecule has 1 aliphatic rings. The molecule has 0 spiro atoms. The first-order chi connectivity index (χ1) is 9.04. The maximum Gasteiger partial charge on any atom is 0.225 e. The summed E-state index contributed by atoms with van der Waals surface area (Å²) in [5.74, 6) is 1.55. The molecular weight excluding hydrogens is 324 g/mol. The lowest BCUT2D eigenvalue weighted by Gasteiger charge is -2.21. The van der Waals surface area contributed by atoms with Crippen LogP contribution in [0.15, 0.2) is 22.7 Å². The third-order valence-corrected chi connectivity index (χ3v) is 4.95. The van der Waals surface area contributed by atoms with E-state index in [-0.39, 0.29) is 5.91 Å². The van der Waals surface area contributed by atoms with Crippen LogP contribution in [0.4, 0.5) is 0 Å². The Morgan fingerprint density at radius 3 is 3.00 bits per heavy atom. The second-order valence-corrected chi connectivity index (χ2v) is 6.81. The third kappa shape index (κ3) is 3.52. The SMILES string of the molecule is Cc1cc(Br)ccc1CC(=O)N[C@]1(C#N)CCSC1. The molecule has 1 fully saturated rings. The van der Waals surface area contributed by atoms with Crippen molar-refractivity contribution in [1.29, 1.82) is 5.26 Å². The zero-order valence-electron chi connectivity index (χ0n) is 10.7. The van der Waals surface area contributed by atoms with E-state index in [0.29, 0.717) is 12.2 Å². The standard InChI is InChI=1S/C14H15BrN2OS/c1-10-6-12(15)3-2-11(10)7-13(18)17-14(8-16)4-5-19-9-14/h2-3,6H,4-5,7,9H2,1H3,(H,17,18)/t14-/m0/s1. The van der Waals surface area contributed by atoms with Gasteiger partial charge in [-0.05, 0) is 42.4 Å². The summed E-state index contributed by atoms with van der Waals surface area (Å²) in [6.45, 7) is 1.98. The van der Waals surface area contributed by atoms with E-state index in [1.54, 1.807) is 11.8 Å². The normalized spacial score (nSPS) is 21.9. The Hall–Kier alpha value is -0.990. The minimum atomic E-state index is -0.662. The van der Waals surface area contributed by atoms with Gasteiger partial charge in [-0.15, -0.1) is 0 Å². The van der Waals surface area contributed by atoms with Crippen molar-refractivity contribution in [3.63, 3.8) is 0 Å². The molecule has 0 saturated carbocycles. The molecule has 2 rings (SSSR count). The van der Waals surface area contributed by atoms with E-state index in [4.69, 9.17) is 0 Å². The number of hydrogen-bond donors (Lipinski definition) is 1. The first-order valence-electron chi connectivity index (χ1n) is 6.10. The number of thioether (sulfide) groups is 1. The van der Waals surface area contributed by atoms with Crippen molar-refractivity contribution in [3.05, 3.63) is 33.8 Å². The molecule has 1 saturated heterocycles. The second-order valence-electron chi connectivity index (χ2n) is 4.79. The van der Waals surface area contributed by atoms with Crippen LogP contribution >= 0.6 is 27.7 Å². The van der Waals surface area contributed by atoms with E-state index < -0.39 is 5.54 Å². The van der Waals surface area contributed by atoms with Crippen molar-refractivity contribution >= 4 is 33.6 Å². The average molecular weight is 339 g/mol. The summed E-state index contributed by atoms with van der Waals surface area (Å²) < 4.78 is 1.01. The molecular formula is C14H15BrN2OS. The van der Waals surface area contributed by atoms with Crippen LogP contribution in [0.2, 0.25) is 0 Å². The molecule has 0 radical (unpaired) electrons. The highest BCUT2D eigenvalue weighted by Gasteiger charge is 2.35. The maximum absolute atomic E-state index is 12.1. The zero-order valence-corrected chi connectivity index (χ0v) is 13.1. The Morgan fingerprint density at radius 2 is 2.42 bits per heavy atom. The molecule has 1 aromatic rings. The highest BCUT2D eigenvalue weighted by atomic mass is 79.9. The number of nitriles is 1. The molecule has 100 valence electrons. The molecule has 0 unspecified atom stereocenters. The van der Waals surface area contributed by atoms with Crippen molar-refractivity contribution in [2.45, 2.75) is 25.3 Å². The van der Waals surface area contributed by atoms with Crippen LogP contribution < -0.4 is 5.32 Å². The molecule has 1 atom stereocenters. The Balaban J connectivity index is 2.03. The van der Waals surface area contributed by atoms with Crippen molar-refractivity contribution in [1.82, 2.24) is 5.32 Å². The fourth-order valence-corrected chi connectivity index (χ4v) is 3.86. The van der Waals surface area contributed by atoms with Gasteiger partial charge in [0.15, 0.2) is 0 Å². The summed E-state index contributed by atoms with van der Waals surface area (Å²) >= 11 is 5.12. The topological polar surface area (TPSA) is 52.9 Å². The molecule has 1 aliphatic heterocycles. The van der Waals surface area contributed by atoms with Gasteiger partial charge >= 0.3 is 0 Å². The van der Waals surface area contributed by atoms with E-state index in [1.165, 1.54) is 0 Å². The van der Waals surface area contributed by atoms with Crippen LogP contribution in [0.1, 0.15) is 17.5 Å². The van der Waals surface area contributed by atoms with Gasteiger partial charge in [-0.2, -0.15) is 17.0 Å². The molecule has 1 N–H and O–H groups in total. The van der Waals surface area contributed by atoms with E-state index in [2.05, 4.69) is 27.3 Å². The fourth-order valence-electron chi connectivity index (χ4n) is 2.12. The number of hydrogen-bond acceptors (Lipinski definition) is 3. The van der Waals surface area contributed by atoms with Crippen LogP contribution in [0.3, 0.4) is 0 Å². The second kappa shape index (κ2) is 5.98. The number of aryl methyl sites for hydroxylation is 1. The van der Waals surface area contributed by atoms with E-state index >= 15 is 0 Å². The van der Waals surface area contributed by atoms with Crippen LogP contribution in [-0.4, -0.2) is 23.0 Å². The van der Waals surface area contributed by atoms with Crippen LogP contribution in [0.25, 0.3) is 0 Å². The van der Waals surface area contributed by atoms with E-state index in [1.807, 2.05) is 25.1 Å². The molecule has 1 aromatic carbocycles. The summed E-state index contributed by atoms with van der Waals surface area (Å²) in [5.41, 5.74) is 1.42. The van der Waals surface area contributed by atoms with Crippen molar-refractivity contribution in [3.8, 4) is 6.07 Å². The maximum atomic E-state index is 12.1. The van der Waals surface area contributed by atoms with Gasteiger partial charge in [0.25, 0.3) is 0 Å². The average Bonchev–Trinajstić information content (AvgIpc) is 2.82. The Morgan fingerprint density at radius 1 is 1.63 bits per heavy atom. The summed E-state index contributed by atoms with van der Waals surface area (Å²) in [6.07, 6.45) is 1.06. The lowest BCUT2D eigenvalue weighted by Crippen LogP contribution is -2.48. The quantitative estimate of drug-likeness (QED) is 0.921. The van der Waals surface area contributed by atoms with Gasteiger partial charge in [-0.1, -0.05) is 22.0 Å². The number of carbonyl (C=O) groups excluding carboxylic acids is 1. The minimum absolute atomic E-state index is 0.0746. The molecule has 0 bridgehead atoms. The molecule has 3 nitrogen and oxygen atoms in total. The summed E-state index contributed by atoms with van der Waals surface area (Å²) in [6, 6.07) is 8.13. The van der Waals surface area contributed by atoms with Gasteiger partial charge < -0.3 is 5.32 Å². The third-order valence-electron chi connectivity index (χ3n) is 3.27. The highest BCUT2D eigenvalue weighted by Crippen LogP contribution is 2.27. The van der Waals surface area contributed by atoms with Gasteiger partial charge in [0, 0.05) is 10.2 Å². The molecule has 19 heavy (non-hydrogen) atoms. The number of benzene rings is 1. The molecule has 1 heterocycles. The summed E-state index contributed by atoms with van der Waals surface area (Å²) in [7, 11) is 0. The monoisotopic (exact) mass is 338 g/mol. The van der Waals surface area contributed by atoms with Crippen LogP contribution in [-0.2, 0) is 11.2 Å². The number of amides is 1. The molecule has 1 amide bonds.